The predicted octanol–water partition coefficient (Wildman–Crippen LogP) is 1.99. The number of nitrogens with one attached hydrogen (secondary N) is 1. The van der Waals surface area contributed by atoms with Gasteiger partial charge in [-0.1, -0.05) is 6.92 Å². The molecule has 0 radical (unpaired) electrons. The molecule has 2 rings (SSSR count). The highest BCUT2D eigenvalue weighted by Gasteiger charge is 2.11. The van der Waals surface area contributed by atoms with Crippen LogP contribution < -0.4 is 5.32 Å². The van der Waals surface area contributed by atoms with Gasteiger partial charge in [-0.15, -0.1) is 10.2 Å². The number of rotatable bonds is 5. The van der Waals surface area contributed by atoms with Crippen molar-refractivity contribution in [3.05, 3.63) is 18.2 Å². The van der Waals surface area contributed by atoms with Crippen molar-refractivity contribution in [1.82, 2.24) is 19.6 Å². The zero-order chi connectivity index (χ0) is 12.3. The SMILES string of the molecule is CCC(CSC)Nc1nccn2c(C)nnc12. The van der Waals surface area contributed by atoms with Crippen molar-refractivity contribution in [3.8, 4) is 0 Å². The Labute approximate surface area is 105 Å². The van der Waals surface area contributed by atoms with Crippen molar-refractivity contribution in [2.24, 2.45) is 0 Å². The second-order valence-corrected chi connectivity index (χ2v) is 4.83. The molecule has 0 aliphatic carbocycles. The molecule has 0 aliphatic rings. The second kappa shape index (κ2) is 5.35. The number of hydrogen-bond acceptors (Lipinski definition) is 5. The van der Waals surface area contributed by atoms with E-state index in [1.54, 1.807) is 6.20 Å². The van der Waals surface area contributed by atoms with Crippen LogP contribution in [0.5, 0.6) is 0 Å². The lowest BCUT2D eigenvalue weighted by atomic mass is 10.2. The van der Waals surface area contributed by atoms with Gasteiger partial charge in [-0.25, -0.2) is 4.98 Å². The molecule has 0 amide bonds. The molecule has 1 atom stereocenters. The molecular weight excluding hydrogens is 234 g/mol. The number of fused-ring (bicyclic) bond motifs is 1. The highest BCUT2D eigenvalue weighted by molar-refractivity contribution is 7.98. The average molecular weight is 251 g/mol. The first-order chi connectivity index (χ1) is 8.26. The fourth-order valence-corrected chi connectivity index (χ4v) is 2.42. The van der Waals surface area contributed by atoms with Crippen LogP contribution in [0.2, 0.25) is 0 Å². The van der Waals surface area contributed by atoms with Gasteiger partial charge in [-0.3, -0.25) is 4.40 Å². The van der Waals surface area contributed by atoms with E-state index in [1.807, 2.05) is 29.3 Å². The monoisotopic (exact) mass is 251 g/mol. The van der Waals surface area contributed by atoms with Crippen LogP contribution in [0.1, 0.15) is 19.2 Å². The Morgan fingerprint density at radius 3 is 3.00 bits per heavy atom. The van der Waals surface area contributed by atoms with Crippen LogP contribution >= 0.6 is 11.8 Å². The van der Waals surface area contributed by atoms with Crippen molar-refractivity contribution in [2.45, 2.75) is 26.3 Å². The molecule has 0 fully saturated rings. The van der Waals surface area contributed by atoms with Crippen molar-refractivity contribution < 1.29 is 0 Å². The van der Waals surface area contributed by atoms with Gasteiger partial charge in [0.15, 0.2) is 5.82 Å². The van der Waals surface area contributed by atoms with Gasteiger partial charge in [0.1, 0.15) is 5.82 Å². The molecule has 5 nitrogen and oxygen atoms in total. The maximum atomic E-state index is 4.35. The van der Waals surface area contributed by atoms with Crippen LogP contribution in [0.25, 0.3) is 5.65 Å². The van der Waals surface area contributed by atoms with Crippen LogP contribution in [0, 0.1) is 6.92 Å². The van der Waals surface area contributed by atoms with E-state index in [2.05, 4.69) is 33.7 Å². The highest BCUT2D eigenvalue weighted by Crippen LogP contribution is 2.15. The van der Waals surface area contributed by atoms with E-state index in [4.69, 9.17) is 0 Å². The van der Waals surface area contributed by atoms with E-state index in [1.165, 1.54) is 0 Å². The fourth-order valence-electron chi connectivity index (χ4n) is 1.70. The van der Waals surface area contributed by atoms with Crippen LogP contribution in [0.3, 0.4) is 0 Å². The quantitative estimate of drug-likeness (QED) is 0.880. The molecule has 6 heteroatoms. The summed E-state index contributed by atoms with van der Waals surface area (Å²) in [7, 11) is 0. The molecule has 2 aromatic rings. The molecule has 0 bridgehead atoms. The van der Waals surface area contributed by atoms with Gasteiger partial charge in [0.25, 0.3) is 0 Å². The number of hydrogen-bond donors (Lipinski definition) is 1. The number of anilines is 1. The Hall–Kier alpha value is -1.30. The van der Waals surface area contributed by atoms with Crippen molar-refractivity contribution in [3.63, 3.8) is 0 Å². The minimum atomic E-state index is 0.417. The molecule has 0 aromatic carbocycles. The van der Waals surface area contributed by atoms with Crippen LogP contribution in [-0.2, 0) is 0 Å². The van der Waals surface area contributed by atoms with E-state index < -0.39 is 0 Å². The summed E-state index contributed by atoms with van der Waals surface area (Å²) in [5.41, 5.74) is 0.796. The molecule has 17 heavy (non-hydrogen) atoms. The predicted molar refractivity (Wildman–Crippen MR) is 71.6 cm³/mol. The summed E-state index contributed by atoms with van der Waals surface area (Å²) in [4.78, 5) is 4.35. The maximum absolute atomic E-state index is 4.35. The molecule has 1 unspecified atom stereocenters. The summed E-state index contributed by atoms with van der Waals surface area (Å²) >= 11 is 1.83. The Morgan fingerprint density at radius 2 is 2.29 bits per heavy atom. The minimum absolute atomic E-state index is 0.417. The molecule has 2 aromatic heterocycles. The van der Waals surface area contributed by atoms with Gasteiger partial charge in [0.05, 0.1) is 0 Å². The topological polar surface area (TPSA) is 55.1 Å². The van der Waals surface area contributed by atoms with E-state index in [0.717, 1.165) is 29.5 Å². The lowest BCUT2D eigenvalue weighted by Gasteiger charge is -2.16. The normalized spacial score (nSPS) is 12.9. The molecule has 0 saturated heterocycles. The first kappa shape index (κ1) is 12.2. The van der Waals surface area contributed by atoms with Gasteiger partial charge < -0.3 is 5.32 Å². The third kappa shape index (κ3) is 2.52. The smallest absolute Gasteiger partial charge is 0.203 e. The Bertz CT molecular complexity index is 496. The molecule has 92 valence electrons. The summed E-state index contributed by atoms with van der Waals surface area (Å²) in [6.45, 7) is 4.10. The standard InChI is InChI=1S/C11H17N5S/c1-4-9(7-17-3)13-10-11-15-14-8(2)16(11)6-5-12-10/h5-6,9H,4,7H2,1-3H3,(H,12,13). The average Bonchev–Trinajstić information content (AvgIpc) is 2.72. The summed E-state index contributed by atoms with van der Waals surface area (Å²) in [6, 6.07) is 0.417. The Morgan fingerprint density at radius 1 is 1.47 bits per heavy atom. The van der Waals surface area contributed by atoms with E-state index in [9.17, 15) is 0 Å². The molecule has 0 spiro atoms. The number of aromatic nitrogens is 4. The summed E-state index contributed by atoms with van der Waals surface area (Å²) in [5, 5.41) is 11.6. The molecular formula is C11H17N5S. The largest absolute Gasteiger partial charge is 0.363 e. The lowest BCUT2D eigenvalue weighted by Crippen LogP contribution is -2.22. The number of nitrogens with zero attached hydrogens (tertiary/aromatic N) is 4. The molecule has 1 N–H and O–H groups in total. The second-order valence-electron chi connectivity index (χ2n) is 3.92. The van der Waals surface area contributed by atoms with Gasteiger partial charge in [0, 0.05) is 24.2 Å². The van der Waals surface area contributed by atoms with Gasteiger partial charge >= 0.3 is 0 Å². The van der Waals surface area contributed by atoms with E-state index in [0.29, 0.717) is 6.04 Å². The van der Waals surface area contributed by atoms with E-state index in [-0.39, 0.29) is 0 Å². The molecule has 0 aliphatic heterocycles. The minimum Gasteiger partial charge on any atom is -0.363 e. The fraction of sp³-hybridized carbons (Fsp3) is 0.545. The summed E-state index contributed by atoms with van der Waals surface area (Å²) in [5.74, 6) is 2.75. The van der Waals surface area contributed by atoms with Gasteiger partial charge in [-0.05, 0) is 19.6 Å². The zero-order valence-corrected chi connectivity index (χ0v) is 11.2. The first-order valence-corrected chi connectivity index (χ1v) is 7.07. The van der Waals surface area contributed by atoms with Crippen molar-refractivity contribution in [2.75, 3.05) is 17.3 Å². The molecule has 0 saturated carbocycles. The van der Waals surface area contributed by atoms with Crippen LogP contribution in [0.15, 0.2) is 12.4 Å². The van der Waals surface area contributed by atoms with Crippen LogP contribution in [-0.4, -0.2) is 37.6 Å². The van der Waals surface area contributed by atoms with E-state index >= 15 is 0 Å². The summed E-state index contributed by atoms with van der Waals surface area (Å²) < 4.78 is 1.95. The Balaban J connectivity index is 2.29. The summed E-state index contributed by atoms with van der Waals surface area (Å²) in [6.07, 6.45) is 6.83. The van der Waals surface area contributed by atoms with Gasteiger partial charge in [0.2, 0.25) is 5.65 Å². The number of thioether (sulfide) groups is 1. The lowest BCUT2D eigenvalue weighted by molar-refractivity contribution is 0.769. The number of aryl methyl sites for hydroxylation is 1. The highest BCUT2D eigenvalue weighted by atomic mass is 32.2. The van der Waals surface area contributed by atoms with Crippen LogP contribution in [0.4, 0.5) is 5.82 Å². The maximum Gasteiger partial charge on any atom is 0.203 e. The van der Waals surface area contributed by atoms with Crippen molar-refractivity contribution in [1.29, 1.82) is 0 Å². The van der Waals surface area contributed by atoms with Crippen molar-refractivity contribution >= 4 is 23.2 Å². The third-order valence-electron chi connectivity index (χ3n) is 2.70. The van der Waals surface area contributed by atoms with Gasteiger partial charge in [-0.2, -0.15) is 11.8 Å². The first-order valence-electron chi connectivity index (χ1n) is 5.68. The molecule has 2 heterocycles. The third-order valence-corrected chi connectivity index (χ3v) is 3.43. The zero-order valence-electron chi connectivity index (χ0n) is 10.3. The Kier molecular flexibility index (Phi) is 3.83.